The number of halogens is 1. The van der Waals surface area contributed by atoms with Crippen molar-refractivity contribution in [2.45, 2.75) is 11.6 Å². The van der Waals surface area contributed by atoms with Gasteiger partial charge in [-0.25, -0.2) is 14.2 Å². The van der Waals surface area contributed by atoms with E-state index < -0.39 is 36.6 Å². The van der Waals surface area contributed by atoms with Crippen molar-refractivity contribution in [2.24, 2.45) is 0 Å². The Balaban J connectivity index is 0.00000363. The van der Waals surface area contributed by atoms with Gasteiger partial charge in [-0.05, 0) is 42.5 Å². The van der Waals surface area contributed by atoms with E-state index in [1.54, 1.807) is 0 Å². The average molecular weight is 497 g/mol. The maximum Gasteiger partial charge on any atom is 1.00 e. The van der Waals surface area contributed by atoms with Crippen molar-refractivity contribution < 1.29 is 75.0 Å². The Morgan fingerprint density at radius 2 is 1.94 bits per heavy atom. The van der Waals surface area contributed by atoms with Crippen molar-refractivity contribution in [2.75, 3.05) is 12.4 Å². The number of methoxy groups -OCH3 is 1. The van der Waals surface area contributed by atoms with Gasteiger partial charge in [0.05, 0.1) is 18.1 Å². The molecule has 0 saturated heterocycles. The minimum absolute atomic E-state index is 0. The summed E-state index contributed by atoms with van der Waals surface area (Å²) >= 11 is 0. The maximum absolute atomic E-state index is 13.0. The first-order chi connectivity index (χ1) is 14.5. The number of benzene rings is 2. The summed E-state index contributed by atoms with van der Waals surface area (Å²) in [6, 6.07) is 7.80. The molecule has 0 bridgehead atoms. The minimum atomic E-state index is -5.11. The monoisotopic (exact) mass is 497 g/mol. The molecule has 16 heteroatoms. The summed E-state index contributed by atoms with van der Waals surface area (Å²) in [4.78, 5) is 35.0. The van der Waals surface area contributed by atoms with E-state index in [4.69, 9.17) is 9.08 Å². The first kappa shape index (κ1) is 26.2. The fraction of sp³-hybridized carbons (Fsp3) is 0.125. The van der Waals surface area contributed by atoms with Gasteiger partial charge < -0.3 is 18.7 Å². The van der Waals surface area contributed by atoms with Crippen LogP contribution in [0.1, 0.15) is 0 Å². The SMILES string of the molecule is COC(=O)Nc1nc2cc(S(=O)(=O)Oc3ccc(F)cc3)ccc2n1COP(=O)([O-])O.[Na+]. The largest absolute Gasteiger partial charge is 1.00 e. The number of hydrogen-bond acceptors (Lipinski definition) is 9. The van der Waals surface area contributed by atoms with E-state index >= 15 is 0 Å². The molecular weight excluding hydrogens is 483 g/mol. The standard InChI is InChI=1S/C16H15FN3O9PS.Na/c1-27-16(21)19-15-18-13-8-12(6-7-14(13)20(15)9-28-30(22,23)24)31(25,26)29-11-4-2-10(17)3-5-11;/h2-8H,9H2,1H3,(H,18,19,21)(H2,22,23,24);/q;+1/p-1. The summed E-state index contributed by atoms with van der Waals surface area (Å²) in [6.45, 7) is -0.773. The summed E-state index contributed by atoms with van der Waals surface area (Å²) in [5.41, 5.74) is 0.165. The number of imidazole rings is 1. The summed E-state index contributed by atoms with van der Waals surface area (Å²) in [5.74, 6) is -0.943. The van der Waals surface area contributed by atoms with Gasteiger partial charge in [0.2, 0.25) is 5.95 Å². The molecule has 32 heavy (non-hydrogen) atoms. The van der Waals surface area contributed by atoms with Gasteiger partial charge in [0, 0.05) is 0 Å². The molecule has 0 aliphatic rings. The number of nitrogens with zero attached hydrogens (tertiary/aromatic N) is 2. The number of hydrogen-bond donors (Lipinski definition) is 2. The van der Waals surface area contributed by atoms with Crippen LogP contribution in [0.25, 0.3) is 11.0 Å². The summed E-state index contributed by atoms with van der Waals surface area (Å²) < 4.78 is 63.8. The van der Waals surface area contributed by atoms with Gasteiger partial charge in [-0.2, -0.15) is 8.42 Å². The molecule has 0 aliphatic carbocycles. The predicted molar refractivity (Wildman–Crippen MR) is 101 cm³/mol. The Bertz CT molecular complexity index is 1280. The van der Waals surface area contributed by atoms with E-state index in [1.165, 1.54) is 6.07 Å². The number of rotatable bonds is 7. The van der Waals surface area contributed by atoms with Crippen molar-refractivity contribution in [1.82, 2.24) is 9.55 Å². The Morgan fingerprint density at radius 1 is 1.28 bits per heavy atom. The number of ether oxygens (including phenoxy) is 1. The predicted octanol–water partition coefficient (Wildman–Crippen LogP) is -1.44. The number of carbonyl (C=O) groups is 1. The summed E-state index contributed by atoms with van der Waals surface area (Å²) in [6.07, 6.45) is -0.946. The number of fused-ring (bicyclic) bond motifs is 1. The van der Waals surface area contributed by atoms with Crippen LogP contribution in [0.3, 0.4) is 0 Å². The van der Waals surface area contributed by atoms with Gasteiger partial charge in [0.15, 0.2) is 0 Å². The van der Waals surface area contributed by atoms with Gasteiger partial charge in [-0.1, -0.05) is 0 Å². The average Bonchev–Trinajstić information content (AvgIpc) is 3.03. The molecule has 0 radical (unpaired) electrons. The molecular formula is C16H14FN3NaO9PS. The third-order valence-corrected chi connectivity index (χ3v) is 5.46. The third kappa shape index (κ3) is 6.49. The molecule has 2 N–H and O–H groups in total. The van der Waals surface area contributed by atoms with Crippen molar-refractivity contribution in [3.63, 3.8) is 0 Å². The molecule has 1 aromatic heterocycles. The fourth-order valence-electron chi connectivity index (χ4n) is 2.43. The number of anilines is 1. The molecule has 166 valence electrons. The normalized spacial score (nSPS) is 13.1. The minimum Gasteiger partial charge on any atom is -0.756 e. The van der Waals surface area contributed by atoms with Crippen LogP contribution >= 0.6 is 7.82 Å². The van der Waals surface area contributed by atoms with Gasteiger partial charge in [-0.3, -0.25) is 19.0 Å². The molecule has 3 rings (SSSR count). The molecule has 1 unspecified atom stereocenters. The van der Waals surface area contributed by atoms with E-state index in [9.17, 15) is 27.1 Å². The van der Waals surface area contributed by atoms with Crippen LogP contribution in [0.4, 0.5) is 15.1 Å². The molecule has 0 saturated carbocycles. The quantitative estimate of drug-likeness (QED) is 0.224. The van der Waals surface area contributed by atoms with E-state index in [1.807, 2.05) is 0 Å². The second kappa shape index (κ2) is 10.3. The van der Waals surface area contributed by atoms with Crippen LogP contribution < -0.4 is 44.0 Å². The number of aromatic nitrogens is 2. The van der Waals surface area contributed by atoms with Crippen LogP contribution in [-0.4, -0.2) is 36.1 Å². The number of phosphoric acid groups is 1. The summed E-state index contributed by atoms with van der Waals surface area (Å²) in [7, 11) is -8.36. The molecule has 2 aromatic carbocycles. The Kier molecular flexibility index (Phi) is 8.42. The van der Waals surface area contributed by atoms with Crippen LogP contribution in [-0.2, 0) is 30.7 Å². The van der Waals surface area contributed by atoms with Crippen molar-refractivity contribution in [3.8, 4) is 5.75 Å². The van der Waals surface area contributed by atoms with Gasteiger partial charge >= 0.3 is 45.8 Å². The zero-order valence-corrected chi connectivity index (χ0v) is 20.3. The second-order valence-electron chi connectivity index (χ2n) is 5.85. The van der Waals surface area contributed by atoms with Gasteiger partial charge in [0.25, 0.3) is 7.82 Å². The van der Waals surface area contributed by atoms with Gasteiger partial charge in [0.1, 0.15) is 23.2 Å². The Hall–Kier alpha value is -2.03. The number of carbonyl (C=O) groups excluding carboxylic acids is 1. The van der Waals surface area contributed by atoms with Crippen molar-refractivity contribution in [1.29, 1.82) is 0 Å². The molecule has 0 fully saturated rings. The van der Waals surface area contributed by atoms with Crippen LogP contribution in [0.5, 0.6) is 5.75 Å². The van der Waals surface area contributed by atoms with E-state index in [-0.39, 0.29) is 57.2 Å². The molecule has 0 aliphatic heterocycles. The summed E-state index contributed by atoms with van der Waals surface area (Å²) in [5, 5.41) is 2.21. The zero-order valence-electron chi connectivity index (χ0n) is 16.6. The number of amides is 1. The molecule has 12 nitrogen and oxygen atoms in total. The number of phosphoric ester groups is 1. The van der Waals surface area contributed by atoms with E-state index in [0.717, 1.165) is 48.1 Å². The molecule has 1 atom stereocenters. The van der Waals surface area contributed by atoms with Crippen LogP contribution in [0, 0.1) is 5.82 Å². The van der Waals surface area contributed by atoms with Crippen LogP contribution in [0.15, 0.2) is 47.4 Å². The van der Waals surface area contributed by atoms with E-state index in [0.29, 0.717) is 0 Å². The van der Waals surface area contributed by atoms with Crippen LogP contribution in [0.2, 0.25) is 0 Å². The first-order valence-corrected chi connectivity index (χ1v) is 11.1. The second-order valence-corrected chi connectivity index (χ2v) is 8.59. The third-order valence-electron chi connectivity index (χ3n) is 3.78. The topological polar surface area (TPSA) is 169 Å². The smallest absolute Gasteiger partial charge is 0.756 e. The molecule has 3 aromatic rings. The number of nitrogens with one attached hydrogen (secondary N) is 1. The first-order valence-electron chi connectivity index (χ1n) is 8.22. The molecule has 1 amide bonds. The molecule has 1 heterocycles. The van der Waals surface area contributed by atoms with E-state index in [2.05, 4.69) is 19.6 Å². The zero-order chi connectivity index (χ0) is 22.8. The van der Waals surface area contributed by atoms with Crippen molar-refractivity contribution in [3.05, 3.63) is 48.3 Å². The molecule has 0 spiro atoms. The van der Waals surface area contributed by atoms with Crippen molar-refractivity contribution >= 4 is 41.0 Å². The maximum atomic E-state index is 13.0. The van der Waals surface area contributed by atoms with Gasteiger partial charge in [-0.15, -0.1) is 0 Å². The fourth-order valence-corrected chi connectivity index (χ4v) is 3.64. The Labute approximate surface area is 203 Å². The Morgan fingerprint density at radius 3 is 2.53 bits per heavy atom.